The number of hydrogen-bond donors (Lipinski definition) is 1. The molecule has 0 spiro atoms. The molecule has 0 bridgehead atoms. The maximum Gasteiger partial charge on any atom is 0.180 e. The Kier molecular flexibility index (Phi) is 2.95. The molecule has 19 heavy (non-hydrogen) atoms. The van der Waals surface area contributed by atoms with Crippen LogP contribution in [-0.2, 0) is 0 Å². The van der Waals surface area contributed by atoms with Crippen molar-refractivity contribution in [1.29, 1.82) is 0 Å². The van der Waals surface area contributed by atoms with Crippen LogP contribution in [-0.4, -0.2) is 9.97 Å². The van der Waals surface area contributed by atoms with E-state index in [1.165, 1.54) is 15.8 Å². The van der Waals surface area contributed by atoms with E-state index < -0.39 is 0 Å². The minimum Gasteiger partial charge on any atom is -0.375 e. The number of aromatic nitrogens is 2. The Hall–Kier alpha value is -1.94. The minimum absolute atomic E-state index is 0.258. The quantitative estimate of drug-likeness (QED) is 0.771. The molecule has 1 unspecified atom stereocenters. The first-order valence-corrected chi connectivity index (χ1v) is 7.05. The predicted molar refractivity (Wildman–Crippen MR) is 80.5 cm³/mol. The van der Waals surface area contributed by atoms with E-state index in [4.69, 9.17) is 5.73 Å². The zero-order chi connectivity index (χ0) is 13.4. The van der Waals surface area contributed by atoms with Gasteiger partial charge in [-0.05, 0) is 18.6 Å². The van der Waals surface area contributed by atoms with Gasteiger partial charge in [-0.25, -0.2) is 4.98 Å². The van der Waals surface area contributed by atoms with Gasteiger partial charge in [0.05, 0.1) is 11.2 Å². The fourth-order valence-electron chi connectivity index (χ4n) is 2.45. The summed E-state index contributed by atoms with van der Waals surface area (Å²) in [6, 6.07) is 10.4. The molecule has 2 aromatic heterocycles. The van der Waals surface area contributed by atoms with Crippen molar-refractivity contribution < 1.29 is 0 Å². The number of aryl methyl sites for hydroxylation is 1. The first-order chi connectivity index (χ1) is 9.16. The first-order valence-electron chi connectivity index (χ1n) is 6.23. The standard InChI is InChI=1S/C15H15N3S/c1-9(14-10(2)18-15(16)19-14)12-7-3-5-11-6-4-8-17-13(11)12/h3-9H,1-2H3,(H2,16,18). The fraction of sp³-hybridized carbons (Fsp3) is 0.200. The molecule has 0 fully saturated rings. The lowest BCUT2D eigenvalue weighted by molar-refractivity contribution is 0.933. The summed E-state index contributed by atoms with van der Waals surface area (Å²) in [5.74, 6) is 0.258. The molecular formula is C15H15N3S. The molecule has 1 aromatic carbocycles. The van der Waals surface area contributed by atoms with Crippen molar-refractivity contribution in [2.75, 3.05) is 5.73 Å². The average Bonchev–Trinajstić information content (AvgIpc) is 2.76. The summed E-state index contributed by atoms with van der Waals surface area (Å²) in [7, 11) is 0. The van der Waals surface area contributed by atoms with Crippen LogP contribution >= 0.6 is 11.3 Å². The Morgan fingerprint density at radius 1 is 1.21 bits per heavy atom. The van der Waals surface area contributed by atoms with E-state index in [9.17, 15) is 0 Å². The second-order valence-electron chi connectivity index (χ2n) is 4.65. The molecule has 2 N–H and O–H groups in total. The van der Waals surface area contributed by atoms with E-state index in [-0.39, 0.29) is 5.92 Å². The van der Waals surface area contributed by atoms with Gasteiger partial charge in [-0.15, -0.1) is 11.3 Å². The van der Waals surface area contributed by atoms with Crippen molar-refractivity contribution in [3.05, 3.63) is 52.7 Å². The summed E-state index contributed by atoms with van der Waals surface area (Å²) >= 11 is 1.56. The molecule has 0 aliphatic rings. The Balaban J connectivity index is 2.16. The number of pyridine rings is 1. The summed E-state index contributed by atoms with van der Waals surface area (Å²) in [6.07, 6.45) is 1.84. The number of para-hydroxylation sites is 1. The molecule has 0 saturated carbocycles. The Bertz CT molecular complexity index is 728. The molecule has 0 aliphatic carbocycles. The molecule has 3 aromatic rings. The van der Waals surface area contributed by atoms with Gasteiger partial charge < -0.3 is 5.73 Å². The summed E-state index contributed by atoms with van der Waals surface area (Å²) in [4.78, 5) is 10.0. The van der Waals surface area contributed by atoms with Gasteiger partial charge >= 0.3 is 0 Å². The number of rotatable bonds is 2. The number of thiazole rings is 1. The molecule has 0 aliphatic heterocycles. The van der Waals surface area contributed by atoms with Gasteiger partial charge in [0, 0.05) is 22.4 Å². The van der Waals surface area contributed by atoms with Gasteiger partial charge in [-0.1, -0.05) is 31.2 Å². The normalized spacial score (nSPS) is 12.7. The van der Waals surface area contributed by atoms with E-state index in [0.717, 1.165) is 11.2 Å². The third-order valence-corrected chi connectivity index (χ3v) is 4.54. The monoisotopic (exact) mass is 269 g/mol. The SMILES string of the molecule is Cc1nc(N)sc1C(C)c1cccc2cccnc12. The van der Waals surface area contributed by atoms with Gasteiger partial charge in [0.25, 0.3) is 0 Å². The summed E-state index contributed by atoms with van der Waals surface area (Å²) in [5, 5.41) is 1.80. The maximum atomic E-state index is 5.80. The van der Waals surface area contributed by atoms with Crippen molar-refractivity contribution in [3.63, 3.8) is 0 Å². The van der Waals surface area contributed by atoms with Crippen molar-refractivity contribution in [3.8, 4) is 0 Å². The van der Waals surface area contributed by atoms with Crippen LogP contribution in [0.3, 0.4) is 0 Å². The smallest absolute Gasteiger partial charge is 0.180 e. The number of nitrogens with zero attached hydrogens (tertiary/aromatic N) is 2. The van der Waals surface area contributed by atoms with Crippen molar-refractivity contribution >= 4 is 27.4 Å². The van der Waals surface area contributed by atoms with Crippen molar-refractivity contribution in [1.82, 2.24) is 9.97 Å². The molecule has 3 rings (SSSR count). The number of nitrogens with two attached hydrogens (primary N) is 1. The summed E-state index contributed by atoms with van der Waals surface area (Å²) in [5.41, 5.74) is 9.10. The van der Waals surface area contributed by atoms with Gasteiger partial charge in [-0.3, -0.25) is 4.98 Å². The van der Waals surface area contributed by atoms with E-state index in [1.807, 2.05) is 19.2 Å². The highest BCUT2D eigenvalue weighted by Gasteiger charge is 2.17. The topological polar surface area (TPSA) is 51.8 Å². The zero-order valence-corrected chi connectivity index (χ0v) is 11.7. The number of nitrogen functional groups attached to an aromatic ring is 1. The number of hydrogen-bond acceptors (Lipinski definition) is 4. The maximum absolute atomic E-state index is 5.80. The Morgan fingerprint density at radius 2 is 2.00 bits per heavy atom. The molecule has 0 saturated heterocycles. The van der Waals surface area contributed by atoms with Gasteiger partial charge in [0.2, 0.25) is 0 Å². The van der Waals surface area contributed by atoms with E-state index in [2.05, 4.69) is 41.2 Å². The van der Waals surface area contributed by atoms with Crippen LogP contribution in [0.15, 0.2) is 36.5 Å². The van der Waals surface area contributed by atoms with Crippen LogP contribution in [0.2, 0.25) is 0 Å². The third-order valence-electron chi connectivity index (χ3n) is 3.37. The van der Waals surface area contributed by atoms with Crippen LogP contribution in [0.25, 0.3) is 10.9 Å². The lowest BCUT2D eigenvalue weighted by Crippen LogP contribution is -1.98. The molecule has 96 valence electrons. The molecular weight excluding hydrogens is 254 g/mol. The lowest BCUT2D eigenvalue weighted by Gasteiger charge is -2.13. The molecule has 0 radical (unpaired) electrons. The Morgan fingerprint density at radius 3 is 2.74 bits per heavy atom. The number of anilines is 1. The predicted octanol–water partition coefficient (Wildman–Crippen LogP) is 3.73. The largest absolute Gasteiger partial charge is 0.375 e. The molecule has 1 atom stereocenters. The number of fused-ring (bicyclic) bond motifs is 1. The second kappa shape index (κ2) is 4.63. The van der Waals surface area contributed by atoms with Gasteiger partial charge in [0.1, 0.15) is 0 Å². The van der Waals surface area contributed by atoms with E-state index in [0.29, 0.717) is 5.13 Å². The molecule has 0 amide bonds. The lowest BCUT2D eigenvalue weighted by atomic mass is 9.96. The van der Waals surface area contributed by atoms with E-state index in [1.54, 1.807) is 11.3 Å². The third kappa shape index (κ3) is 2.08. The molecule has 2 heterocycles. The van der Waals surface area contributed by atoms with Crippen LogP contribution in [0.5, 0.6) is 0 Å². The van der Waals surface area contributed by atoms with Crippen molar-refractivity contribution in [2.24, 2.45) is 0 Å². The minimum atomic E-state index is 0.258. The van der Waals surface area contributed by atoms with Crippen LogP contribution in [0, 0.1) is 6.92 Å². The molecule has 3 nitrogen and oxygen atoms in total. The average molecular weight is 269 g/mol. The zero-order valence-electron chi connectivity index (χ0n) is 10.9. The molecule has 4 heteroatoms. The van der Waals surface area contributed by atoms with Crippen molar-refractivity contribution in [2.45, 2.75) is 19.8 Å². The summed E-state index contributed by atoms with van der Waals surface area (Å²) in [6.45, 7) is 4.20. The van der Waals surface area contributed by atoms with Gasteiger partial charge in [0.15, 0.2) is 5.13 Å². The highest BCUT2D eigenvalue weighted by molar-refractivity contribution is 7.15. The van der Waals surface area contributed by atoms with Crippen LogP contribution in [0.1, 0.15) is 29.0 Å². The summed E-state index contributed by atoms with van der Waals surface area (Å²) < 4.78 is 0. The first kappa shape index (κ1) is 12.1. The fourth-order valence-corrected chi connectivity index (χ4v) is 3.35. The van der Waals surface area contributed by atoms with Crippen LogP contribution in [0.4, 0.5) is 5.13 Å². The highest BCUT2D eigenvalue weighted by Crippen LogP contribution is 2.35. The van der Waals surface area contributed by atoms with E-state index >= 15 is 0 Å². The van der Waals surface area contributed by atoms with Crippen LogP contribution < -0.4 is 5.73 Å². The van der Waals surface area contributed by atoms with Gasteiger partial charge in [-0.2, -0.15) is 0 Å². The second-order valence-corrected chi connectivity index (χ2v) is 5.71. The number of benzene rings is 1. The Labute approximate surface area is 116 Å². The highest BCUT2D eigenvalue weighted by atomic mass is 32.1.